The molecule has 1 unspecified atom stereocenters. The summed E-state index contributed by atoms with van der Waals surface area (Å²) in [4.78, 5) is 10.9. The van der Waals surface area contributed by atoms with Crippen molar-refractivity contribution in [2.75, 3.05) is 0 Å². The van der Waals surface area contributed by atoms with Crippen molar-refractivity contribution < 1.29 is 4.79 Å². The third-order valence-corrected chi connectivity index (χ3v) is 2.19. The average molecular weight is 195 g/mol. The Morgan fingerprint density at radius 3 is 2.79 bits per heavy atom. The minimum absolute atomic E-state index is 0.0128. The lowest BCUT2D eigenvalue weighted by molar-refractivity contribution is -0.119. The zero-order valence-corrected chi connectivity index (χ0v) is 9.16. The van der Waals surface area contributed by atoms with E-state index < -0.39 is 0 Å². The first kappa shape index (κ1) is 10.8. The van der Waals surface area contributed by atoms with Crippen LogP contribution in [0.2, 0.25) is 0 Å². The Kier molecular flexibility index (Phi) is 3.28. The van der Waals surface area contributed by atoms with E-state index in [4.69, 9.17) is 0 Å². The van der Waals surface area contributed by atoms with Gasteiger partial charge in [-0.15, -0.1) is 0 Å². The molecule has 0 fully saturated rings. The van der Waals surface area contributed by atoms with Crippen molar-refractivity contribution in [3.63, 3.8) is 0 Å². The van der Waals surface area contributed by atoms with Gasteiger partial charge in [0.15, 0.2) is 0 Å². The molecule has 0 aliphatic heterocycles. The van der Waals surface area contributed by atoms with Crippen molar-refractivity contribution in [1.29, 1.82) is 0 Å². The summed E-state index contributed by atoms with van der Waals surface area (Å²) in [6.07, 6.45) is 1.98. The summed E-state index contributed by atoms with van der Waals surface area (Å²) in [6.45, 7) is 8.34. The van der Waals surface area contributed by atoms with Crippen molar-refractivity contribution in [3.05, 3.63) is 17.5 Å². The molecule has 1 aromatic rings. The zero-order valence-electron chi connectivity index (χ0n) is 9.16. The summed E-state index contributed by atoms with van der Waals surface area (Å²) in [5.74, 6) is -0.0128. The standard InChI is InChI=1S/C10H17N3O/c1-5-13-6-10(8(3)12-13)7(2)11-9(4)14/h6-7H,5H2,1-4H3,(H,11,14). The number of hydrogen-bond acceptors (Lipinski definition) is 2. The molecule has 1 N–H and O–H groups in total. The van der Waals surface area contributed by atoms with E-state index in [9.17, 15) is 4.79 Å². The van der Waals surface area contributed by atoms with E-state index >= 15 is 0 Å². The Hall–Kier alpha value is -1.32. The molecule has 1 rings (SSSR count). The topological polar surface area (TPSA) is 46.9 Å². The number of hydrogen-bond donors (Lipinski definition) is 1. The first-order chi connectivity index (χ1) is 6.54. The molecule has 1 atom stereocenters. The van der Waals surface area contributed by atoms with Crippen molar-refractivity contribution in [1.82, 2.24) is 15.1 Å². The Labute approximate surface area is 84.3 Å². The van der Waals surface area contributed by atoms with Crippen LogP contribution in [0.5, 0.6) is 0 Å². The first-order valence-corrected chi connectivity index (χ1v) is 4.85. The summed E-state index contributed by atoms with van der Waals surface area (Å²) in [5.41, 5.74) is 2.06. The second-order valence-electron chi connectivity index (χ2n) is 3.45. The van der Waals surface area contributed by atoms with E-state index in [0.29, 0.717) is 0 Å². The van der Waals surface area contributed by atoms with Crippen LogP contribution in [-0.4, -0.2) is 15.7 Å². The predicted molar refractivity (Wildman–Crippen MR) is 54.9 cm³/mol. The number of carbonyl (C=O) groups is 1. The predicted octanol–water partition coefficient (Wildman–Crippen LogP) is 1.41. The lowest BCUT2D eigenvalue weighted by Gasteiger charge is -2.10. The summed E-state index contributed by atoms with van der Waals surface area (Å²) >= 11 is 0. The van der Waals surface area contributed by atoms with Crippen molar-refractivity contribution in [3.8, 4) is 0 Å². The second-order valence-corrected chi connectivity index (χ2v) is 3.45. The van der Waals surface area contributed by atoms with E-state index in [0.717, 1.165) is 17.8 Å². The highest BCUT2D eigenvalue weighted by Crippen LogP contribution is 2.15. The van der Waals surface area contributed by atoms with Crippen LogP contribution in [0.4, 0.5) is 0 Å². The minimum atomic E-state index is -0.0128. The smallest absolute Gasteiger partial charge is 0.217 e. The van der Waals surface area contributed by atoms with Crippen molar-refractivity contribution in [2.45, 2.75) is 40.3 Å². The molecule has 78 valence electrons. The molecule has 1 heterocycles. The lowest BCUT2D eigenvalue weighted by atomic mass is 10.1. The van der Waals surface area contributed by atoms with Gasteiger partial charge in [0.1, 0.15) is 0 Å². The number of rotatable bonds is 3. The van der Waals surface area contributed by atoms with Gasteiger partial charge in [-0.25, -0.2) is 0 Å². The van der Waals surface area contributed by atoms with Gasteiger partial charge in [-0.1, -0.05) is 0 Å². The van der Waals surface area contributed by atoms with Crippen molar-refractivity contribution in [2.24, 2.45) is 0 Å². The molecule has 0 aliphatic carbocycles. The van der Waals surface area contributed by atoms with Gasteiger partial charge in [0.2, 0.25) is 5.91 Å². The first-order valence-electron chi connectivity index (χ1n) is 4.85. The monoisotopic (exact) mass is 195 g/mol. The van der Waals surface area contributed by atoms with Crippen LogP contribution in [0, 0.1) is 6.92 Å². The number of aromatic nitrogens is 2. The third-order valence-electron chi connectivity index (χ3n) is 2.19. The van der Waals surface area contributed by atoms with Gasteiger partial charge < -0.3 is 5.32 Å². The maximum absolute atomic E-state index is 10.9. The summed E-state index contributed by atoms with van der Waals surface area (Å²) in [6, 6.07) is 0.0350. The minimum Gasteiger partial charge on any atom is -0.350 e. The fraction of sp³-hybridized carbons (Fsp3) is 0.600. The molecule has 0 aliphatic rings. The van der Waals surface area contributed by atoms with E-state index in [1.807, 2.05) is 31.6 Å². The number of nitrogens with one attached hydrogen (secondary N) is 1. The van der Waals surface area contributed by atoms with Crippen LogP contribution in [0.25, 0.3) is 0 Å². The zero-order chi connectivity index (χ0) is 10.7. The fourth-order valence-corrected chi connectivity index (χ4v) is 1.50. The quantitative estimate of drug-likeness (QED) is 0.792. The number of nitrogens with zero attached hydrogens (tertiary/aromatic N) is 2. The van der Waals surface area contributed by atoms with Crippen LogP contribution >= 0.6 is 0 Å². The number of aryl methyl sites for hydroxylation is 2. The van der Waals surface area contributed by atoms with Crippen LogP contribution < -0.4 is 5.32 Å². The average Bonchev–Trinajstić information content (AvgIpc) is 2.45. The fourth-order valence-electron chi connectivity index (χ4n) is 1.50. The molecule has 0 spiro atoms. The number of carbonyl (C=O) groups excluding carboxylic acids is 1. The van der Waals surface area contributed by atoms with Crippen LogP contribution in [0.3, 0.4) is 0 Å². The van der Waals surface area contributed by atoms with Gasteiger partial charge in [0.05, 0.1) is 11.7 Å². The van der Waals surface area contributed by atoms with Gasteiger partial charge in [0, 0.05) is 25.2 Å². The Balaban J connectivity index is 2.83. The Morgan fingerprint density at radius 2 is 2.36 bits per heavy atom. The van der Waals surface area contributed by atoms with Crippen LogP contribution in [0.1, 0.15) is 38.1 Å². The van der Waals surface area contributed by atoms with Crippen LogP contribution in [0.15, 0.2) is 6.20 Å². The maximum atomic E-state index is 10.9. The van der Waals surface area contributed by atoms with Gasteiger partial charge in [-0.3, -0.25) is 9.48 Å². The van der Waals surface area contributed by atoms with E-state index in [1.54, 1.807) is 0 Å². The molecule has 4 nitrogen and oxygen atoms in total. The summed E-state index contributed by atoms with van der Waals surface area (Å²) in [7, 11) is 0. The van der Waals surface area contributed by atoms with Gasteiger partial charge >= 0.3 is 0 Å². The molecular formula is C10H17N3O. The van der Waals surface area contributed by atoms with E-state index in [-0.39, 0.29) is 11.9 Å². The second kappa shape index (κ2) is 4.26. The summed E-state index contributed by atoms with van der Waals surface area (Å²) < 4.78 is 1.88. The van der Waals surface area contributed by atoms with Gasteiger partial charge in [-0.2, -0.15) is 5.10 Å². The van der Waals surface area contributed by atoms with E-state index in [2.05, 4.69) is 10.4 Å². The molecule has 14 heavy (non-hydrogen) atoms. The Bertz CT molecular complexity index is 330. The highest BCUT2D eigenvalue weighted by atomic mass is 16.1. The van der Waals surface area contributed by atoms with Crippen LogP contribution in [-0.2, 0) is 11.3 Å². The lowest BCUT2D eigenvalue weighted by Crippen LogP contribution is -2.23. The third kappa shape index (κ3) is 2.34. The van der Waals surface area contributed by atoms with Gasteiger partial charge in [0.25, 0.3) is 0 Å². The molecule has 0 aromatic carbocycles. The maximum Gasteiger partial charge on any atom is 0.217 e. The summed E-state index contributed by atoms with van der Waals surface area (Å²) in [5, 5.41) is 7.17. The molecule has 1 aromatic heterocycles. The molecule has 0 saturated heterocycles. The van der Waals surface area contributed by atoms with Gasteiger partial charge in [-0.05, 0) is 20.8 Å². The van der Waals surface area contributed by atoms with Crippen molar-refractivity contribution >= 4 is 5.91 Å². The SMILES string of the molecule is CCn1cc(C(C)NC(C)=O)c(C)n1. The molecule has 4 heteroatoms. The molecular weight excluding hydrogens is 178 g/mol. The number of amides is 1. The highest BCUT2D eigenvalue weighted by Gasteiger charge is 2.12. The highest BCUT2D eigenvalue weighted by molar-refractivity contribution is 5.73. The molecule has 1 amide bonds. The molecule has 0 radical (unpaired) electrons. The molecule has 0 bridgehead atoms. The van der Waals surface area contributed by atoms with E-state index in [1.165, 1.54) is 6.92 Å². The molecule has 0 saturated carbocycles. The normalized spacial score (nSPS) is 12.6. The largest absolute Gasteiger partial charge is 0.350 e. The Morgan fingerprint density at radius 1 is 1.71 bits per heavy atom.